The first-order chi connectivity index (χ1) is 6.74. The summed E-state index contributed by atoms with van der Waals surface area (Å²) in [6, 6.07) is 0.0104. The van der Waals surface area contributed by atoms with Gasteiger partial charge in [-0.25, -0.2) is 4.79 Å². The molecule has 0 spiro atoms. The molecule has 0 aromatic carbocycles. The summed E-state index contributed by atoms with van der Waals surface area (Å²) in [5.74, 6) is 0.484. The van der Waals surface area contributed by atoms with E-state index in [1.54, 1.807) is 4.90 Å². The van der Waals surface area contributed by atoms with Gasteiger partial charge < -0.3 is 14.7 Å². The molecule has 0 aromatic heterocycles. The van der Waals surface area contributed by atoms with Gasteiger partial charge in [0.15, 0.2) is 0 Å². The van der Waals surface area contributed by atoms with E-state index in [1.165, 1.54) is 7.11 Å². The van der Waals surface area contributed by atoms with E-state index in [9.17, 15) is 9.90 Å². The van der Waals surface area contributed by atoms with Crippen molar-refractivity contribution in [3.05, 3.63) is 0 Å². The third kappa shape index (κ3) is 1.47. The number of carbonyl (C=O) groups excluding carboxylic acids is 1. The van der Waals surface area contributed by atoms with Crippen LogP contribution in [0.3, 0.4) is 0 Å². The predicted octanol–water partition coefficient (Wildman–Crippen LogP) is 0.988. The van der Waals surface area contributed by atoms with Crippen molar-refractivity contribution < 1.29 is 14.6 Å². The average molecular weight is 199 g/mol. The van der Waals surface area contributed by atoms with Crippen molar-refractivity contribution in [2.75, 3.05) is 13.7 Å². The number of rotatable bonds is 0. The number of methoxy groups -OCH3 is 1. The summed E-state index contributed by atoms with van der Waals surface area (Å²) < 4.78 is 4.71. The minimum absolute atomic E-state index is 0.0104. The highest BCUT2D eigenvalue weighted by Crippen LogP contribution is 2.36. The van der Waals surface area contributed by atoms with Crippen molar-refractivity contribution >= 4 is 6.09 Å². The molecule has 1 amide bonds. The molecule has 0 aromatic rings. The van der Waals surface area contributed by atoms with Gasteiger partial charge >= 0.3 is 6.09 Å². The number of hydrogen-bond acceptors (Lipinski definition) is 3. The molecule has 1 N–H and O–H groups in total. The lowest BCUT2D eigenvalue weighted by molar-refractivity contribution is 0.0222. The Morgan fingerprint density at radius 1 is 1.43 bits per heavy atom. The van der Waals surface area contributed by atoms with Crippen LogP contribution in [0.1, 0.15) is 25.7 Å². The number of likely N-dealkylation sites (tertiary alicyclic amines) is 1. The topological polar surface area (TPSA) is 49.8 Å². The minimum Gasteiger partial charge on any atom is -0.453 e. The van der Waals surface area contributed by atoms with Crippen LogP contribution < -0.4 is 0 Å². The highest BCUT2D eigenvalue weighted by atomic mass is 16.5. The second-order valence-electron chi connectivity index (χ2n) is 4.20. The second-order valence-corrected chi connectivity index (χ2v) is 4.20. The fourth-order valence-electron chi connectivity index (χ4n) is 2.81. The Morgan fingerprint density at radius 2 is 2.21 bits per heavy atom. The van der Waals surface area contributed by atoms with Crippen molar-refractivity contribution in [2.24, 2.45) is 5.92 Å². The van der Waals surface area contributed by atoms with Crippen LogP contribution in [0.2, 0.25) is 0 Å². The smallest absolute Gasteiger partial charge is 0.409 e. The molecule has 14 heavy (non-hydrogen) atoms. The summed E-state index contributed by atoms with van der Waals surface area (Å²) in [4.78, 5) is 13.1. The zero-order valence-corrected chi connectivity index (χ0v) is 8.48. The van der Waals surface area contributed by atoms with Crippen molar-refractivity contribution in [2.45, 2.75) is 37.8 Å². The molecule has 80 valence electrons. The number of nitrogens with zero attached hydrogens (tertiary/aromatic N) is 1. The summed E-state index contributed by atoms with van der Waals surface area (Å²) in [5.41, 5.74) is 0. The number of fused-ring (bicyclic) bond motifs is 1. The lowest BCUT2D eigenvalue weighted by atomic mass is 9.83. The molecular weight excluding hydrogens is 182 g/mol. The van der Waals surface area contributed by atoms with Crippen LogP contribution in [-0.4, -0.2) is 41.9 Å². The third-order valence-electron chi connectivity index (χ3n) is 3.46. The van der Waals surface area contributed by atoms with Crippen LogP contribution in [0.4, 0.5) is 4.79 Å². The molecule has 3 unspecified atom stereocenters. The van der Waals surface area contributed by atoms with Crippen LogP contribution in [-0.2, 0) is 4.74 Å². The zero-order chi connectivity index (χ0) is 10.1. The molecule has 0 bridgehead atoms. The van der Waals surface area contributed by atoms with E-state index in [4.69, 9.17) is 4.74 Å². The van der Waals surface area contributed by atoms with Crippen LogP contribution in [0.25, 0.3) is 0 Å². The van der Waals surface area contributed by atoms with E-state index in [2.05, 4.69) is 0 Å². The van der Waals surface area contributed by atoms with Gasteiger partial charge in [-0.05, 0) is 25.2 Å². The maximum atomic E-state index is 11.4. The molecule has 4 nitrogen and oxygen atoms in total. The lowest BCUT2D eigenvalue weighted by Gasteiger charge is -2.34. The number of aliphatic hydroxyl groups is 1. The quantitative estimate of drug-likeness (QED) is 0.633. The standard InChI is InChI=1S/C10H17NO3/c1-14-10(13)11-6-5-7-3-2-4-8(12)9(7)11/h7-9,12H,2-6H2,1H3. The van der Waals surface area contributed by atoms with Gasteiger partial charge in [0.1, 0.15) is 0 Å². The first-order valence-corrected chi connectivity index (χ1v) is 5.26. The van der Waals surface area contributed by atoms with Crippen LogP contribution in [0, 0.1) is 5.92 Å². The van der Waals surface area contributed by atoms with E-state index in [1.807, 2.05) is 0 Å². The third-order valence-corrected chi connectivity index (χ3v) is 3.46. The fraction of sp³-hybridized carbons (Fsp3) is 0.900. The average Bonchev–Trinajstić information content (AvgIpc) is 2.62. The molecule has 2 aliphatic rings. The molecule has 1 aliphatic heterocycles. The number of ether oxygens (including phenoxy) is 1. The van der Waals surface area contributed by atoms with Crippen LogP contribution >= 0.6 is 0 Å². The van der Waals surface area contributed by atoms with E-state index in [-0.39, 0.29) is 18.2 Å². The summed E-state index contributed by atoms with van der Waals surface area (Å²) in [7, 11) is 1.39. The molecule has 1 heterocycles. The number of carbonyl (C=O) groups is 1. The number of amides is 1. The Bertz CT molecular complexity index is 231. The molecule has 1 saturated carbocycles. The van der Waals surface area contributed by atoms with Crippen molar-refractivity contribution in [3.63, 3.8) is 0 Å². The Balaban J connectivity index is 2.10. The fourth-order valence-corrected chi connectivity index (χ4v) is 2.81. The van der Waals surface area contributed by atoms with Crippen molar-refractivity contribution in [1.82, 2.24) is 4.90 Å². The SMILES string of the molecule is COC(=O)N1CCC2CCCC(O)C21. The van der Waals surface area contributed by atoms with E-state index >= 15 is 0 Å². The highest BCUT2D eigenvalue weighted by Gasteiger charge is 2.43. The van der Waals surface area contributed by atoms with Gasteiger partial charge in [0, 0.05) is 6.54 Å². The molecule has 2 fully saturated rings. The Kier molecular flexibility index (Phi) is 2.63. The van der Waals surface area contributed by atoms with Gasteiger partial charge in [0.25, 0.3) is 0 Å². The molecule has 1 saturated heterocycles. The maximum absolute atomic E-state index is 11.4. The highest BCUT2D eigenvalue weighted by molar-refractivity contribution is 5.68. The normalized spacial score (nSPS) is 36.7. The van der Waals surface area contributed by atoms with E-state index in [0.29, 0.717) is 5.92 Å². The van der Waals surface area contributed by atoms with Gasteiger partial charge in [-0.15, -0.1) is 0 Å². The number of hydrogen-bond donors (Lipinski definition) is 1. The summed E-state index contributed by atoms with van der Waals surface area (Å²) in [6.45, 7) is 0.735. The monoisotopic (exact) mass is 199 g/mol. The molecule has 2 rings (SSSR count). The molecule has 3 atom stereocenters. The van der Waals surface area contributed by atoms with Crippen molar-refractivity contribution in [1.29, 1.82) is 0 Å². The zero-order valence-electron chi connectivity index (χ0n) is 8.48. The van der Waals surface area contributed by atoms with E-state index < -0.39 is 0 Å². The van der Waals surface area contributed by atoms with Gasteiger partial charge in [-0.1, -0.05) is 6.42 Å². The van der Waals surface area contributed by atoms with Gasteiger partial charge in [-0.2, -0.15) is 0 Å². The van der Waals surface area contributed by atoms with Crippen LogP contribution in [0.5, 0.6) is 0 Å². The molecule has 0 radical (unpaired) electrons. The molecular formula is C10H17NO3. The molecule has 4 heteroatoms. The molecule has 1 aliphatic carbocycles. The first-order valence-electron chi connectivity index (χ1n) is 5.26. The first kappa shape index (κ1) is 9.77. The Hall–Kier alpha value is -0.770. The second kappa shape index (κ2) is 3.77. The van der Waals surface area contributed by atoms with Crippen LogP contribution in [0.15, 0.2) is 0 Å². The largest absolute Gasteiger partial charge is 0.453 e. The number of aliphatic hydroxyl groups excluding tert-OH is 1. The lowest BCUT2D eigenvalue weighted by Crippen LogP contribution is -2.47. The minimum atomic E-state index is -0.352. The summed E-state index contributed by atoms with van der Waals surface area (Å²) >= 11 is 0. The van der Waals surface area contributed by atoms with Gasteiger partial charge in [0.05, 0.1) is 19.3 Å². The van der Waals surface area contributed by atoms with E-state index in [0.717, 1.165) is 32.2 Å². The Labute approximate surface area is 83.8 Å². The maximum Gasteiger partial charge on any atom is 0.409 e. The van der Waals surface area contributed by atoms with Crippen molar-refractivity contribution in [3.8, 4) is 0 Å². The Morgan fingerprint density at radius 3 is 2.93 bits per heavy atom. The van der Waals surface area contributed by atoms with Gasteiger partial charge in [-0.3, -0.25) is 0 Å². The summed E-state index contributed by atoms with van der Waals surface area (Å²) in [6.07, 6.45) is 3.40. The predicted molar refractivity (Wildman–Crippen MR) is 50.9 cm³/mol. The van der Waals surface area contributed by atoms with Gasteiger partial charge in [0.2, 0.25) is 0 Å². The summed E-state index contributed by atoms with van der Waals surface area (Å²) in [5, 5.41) is 9.84.